The van der Waals surface area contributed by atoms with E-state index in [1.165, 1.54) is 0 Å². The first kappa shape index (κ1) is 6.27. The molecule has 0 amide bonds. The van der Waals surface area contributed by atoms with Crippen molar-refractivity contribution in [2.45, 2.75) is 6.42 Å². The summed E-state index contributed by atoms with van der Waals surface area (Å²) in [6.07, 6.45) is 0.904. The van der Waals surface area contributed by atoms with Crippen molar-refractivity contribution >= 4 is 12.0 Å². The average molecular weight is 107 g/mol. The highest BCUT2D eigenvalue weighted by Crippen LogP contribution is 1.90. The monoisotopic (exact) mass is 107 g/mol. The number of nitrogens with two attached hydrogens (primary N) is 1. The molecule has 0 aromatic rings. The summed E-state index contributed by atoms with van der Waals surface area (Å²) in [4.78, 5) is 0. The first-order chi connectivity index (χ1) is 2.91. The Balaban J connectivity index is 2.34. The van der Waals surface area contributed by atoms with E-state index in [9.17, 15) is 0 Å². The standard InChI is InChI=1S/C3H9NOS/c4-2-1-3-6-5/h5H,1-4H2. The van der Waals surface area contributed by atoms with Gasteiger partial charge in [-0.25, -0.2) is 0 Å². The van der Waals surface area contributed by atoms with E-state index in [1.54, 1.807) is 0 Å². The van der Waals surface area contributed by atoms with Gasteiger partial charge in [-0.05, 0) is 25.0 Å². The van der Waals surface area contributed by atoms with Crippen molar-refractivity contribution in [3.05, 3.63) is 0 Å². The van der Waals surface area contributed by atoms with Gasteiger partial charge in [-0.2, -0.15) is 0 Å². The molecule has 0 aliphatic rings. The van der Waals surface area contributed by atoms with E-state index in [4.69, 9.17) is 10.3 Å². The highest BCUT2D eigenvalue weighted by Gasteiger charge is 1.77. The Labute approximate surface area is 41.9 Å². The van der Waals surface area contributed by atoms with Crippen molar-refractivity contribution < 1.29 is 4.55 Å². The van der Waals surface area contributed by atoms with Crippen LogP contribution in [0.2, 0.25) is 0 Å². The predicted octanol–water partition coefficient (Wildman–Crippen LogP) is 0.541. The third kappa shape index (κ3) is 4.27. The fraction of sp³-hybridized carbons (Fsp3) is 1.00. The minimum Gasteiger partial charge on any atom is -0.330 e. The maximum atomic E-state index is 8.06. The lowest BCUT2D eigenvalue weighted by Crippen LogP contribution is -1.98. The molecule has 0 fully saturated rings. The molecule has 0 saturated heterocycles. The molecule has 0 heterocycles. The van der Waals surface area contributed by atoms with E-state index in [0.717, 1.165) is 24.2 Å². The Morgan fingerprint density at radius 2 is 2.33 bits per heavy atom. The third-order valence-electron chi connectivity index (χ3n) is 0.440. The number of rotatable bonds is 3. The molecule has 38 valence electrons. The summed E-state index contributed by atoms with van der Waals surface area (Å²) in [5, 5.41) is 0. The Bertz CT molecular complexity index is 22.8. The van der Waals surface area contributed by atoms with Crippen LogP contribution in [0.4, 0.5) is 0 Å². The molecule has 0 saturated carbocycles. The quantitative estimate of drug-likeness (QED) is 0.409. The van der Waals surface area contributed by atoms with Crippen molar-refractivity contribution in [2.24, 2.45) is 5.73 Å². The molecule has 0 unspecified atom stereocenters. The lowest BCUT2D eigenvalue weighted by Gasteiger charge is -1.85. The van der Waals surface area contributed by atoms with Gasteiger partial charge in [0, 0.05) is 5.75 Å². The molecule has 2 nitrogen and oxygen atoms in total. The van der Waals surface area contributed by atoms with Crippen LogP contribution in [0.25, 0.3) is 0 Å². The van der Waals surface area contributed by atoms with Crippen LogP contribution in [0, 0.1) is 0 Å². The van der Waals surface area contributed by atoms with Gasteiger partial charge in [0.15, 0.2) is 0 Å². The fourth-order valence-electron chi connectivity index (χ4n) is 0.148. The first-order valence-corrected chi connectivity index (χ1v) is 2.82. The van der Waals surface area contributed by atoms with Crippen LogP contribution in [-0.4, -0.2) is 16.9 Å². The molecule has 0 aliphatic heterocycles. The van der Waals surface area contributed by atoms with Gasteiger partial charge in [0.1, 0.15) is 0 Å². The molecule has 3 N–H and O–H groups in total. The average Bonchev–Trinajstić information content (AvgIpc) is 1.61. The lowest BCUT2D eigenvalue weighted by molar-refractivity contribution is 0.661. The van der Waals surface area contributed by atoms with Crippen LogP contribution in [0.3, 0.4) is 0 Å². The summed E-state index contributed by atoms with van der Waals surface area (Å²) >= 11 is 0.846. The molecule has 6 heavy (non-hydrogen) atoms. The zero-order valence-electron chi connectivity index (χ0n) is 3.55. The molecular formula is C3H9NOS. The summed E-state index contributed by atoms with van der Waals surface area (Å²) in [5.74, 6) is 0.760. The van der Waals surface area contributed by atoms with Crippen molar-refractivity contribution in [3.8, 4) is 0 Å². The minimum absolute atomic E-state index is 0.674. The molecule has 0 spiro atoms. The van der Waals surface area contributed by atoms with E-state index >= 15 is 0 Å². The van der Waals surface area contributed by atoms with Crippen LogP contribution >= 0.6 is 12.0 Å². The second kappa shape index (κ2) is 5.27. The number of hydrogen-bond donors (Lipinski definition) is 2. The lowest BCUT2D eigenvalue weighted by atomic mass is 10.5. The van der Waals surface area contributed by atoms with Crippen LogP contribution in [0.5, 0.6) is 0 Å². The van der Waals surface area contributed by atoms with Gasteiger partial charge in [0.25, 0.3) is 0 Å². The van der Waals surface area contributed by atoms with Crippen LogP contribution in [-0.2, 0) is 0 Å². The highest BCUT2D eigenvalue weighted by molar-refractivity contribution is 7.93. The molecule has 0 aliphatic carbocycles. The molecule has 0 atom stereocenters. The van der Waals surface area contributed by atoms with E-state index < -0.39 is 0 Å². The molecular weight excluding hydrogens is 98.1 g/mol. The largest absolute Gasteiger partial charge is 0.330 e. The summed E-state index contributed by atoms with van der Waals surface area (Å²) in [7, 11) is 0. The van der Waals surface area contributed by atoms with E-state index in [2.05, 4.69) is 0 Å². The smallest absolute Gasteiger partial charge is 0.0207 e. The minimum atomic E-state index is 0.674. The van der Waals surface area contributed by atoms with Gasteiger partial charge >= 0.3 is 0 Å². The molecule has 0 bridgehead atoms. The van der Waals surface area contributed by atoms with Crippen LogP contribution < -0.4 is 5.73 Å². The molecule has 3 heteroatoms. The van der Waals surface area contributed by atoms with Gasteiger partial charge in [-0.3, -0.25) is 0 Å². The maximum Gasteiger partial charge on any atom is 0.0207 e. The van der Waals surface area contributed by atoms with Crippen molar-refractivity contribution in [2.75, 3.05) is 12.3 Å². The second-order valence-electron chi connectivity index (χ2n) is 0.975. The summed E-state index contributed by atoms with van der Waals surface area (Å²) < 4.78 is 8.06. The van der Waals surface area contributed by atoms with Crippen LogP contribution in [0.1, 0.15) is 6.42 Å². The van der Waals surface area contributed by atoms with Gasteiger partial charge in [0.2, 0.25) is 0 Å². The Hall–Kier alpha value is 0.270. The maximum absolute atomic E-state index is 8.06. The van der Waals surface area contributed by atoms with Gasteiger partial charge in [0.05, 0.1) is 0 Å². The normalized spacial score (nSPS) is 9.00. The fourth-order valence-corrected chi connectivity index (χ4v) is 0.444. The zero-order valence-corrected chi connectivity index (χ0v) is 4.37. The molecule has 0 rings (SSSR count). The topological polar surface area (TPSA) is 46.2 Å². The molecule has 0 aromatic heterocycles. The van der Waals surface area contributed by atoms with Crippen molar-refractivity contribution in [3.63, 3.8) is 0 Å². The molecule has 0 radical (unpaired) electrons. The molecule has 0 aromatic carbocycles. The summed E-state index contributed by atoms with van der Waals surface area (Å²) in [6, 6.07) is 0. The summed E-state index contributed by atoms with van der Waals surface area (Å²) in [6.45, 7) is 0.674. The van der Waals surface area contributed by atoms with Gasteiger partial charge in [-0.15, -0.1) is 0 Å². The third-order valence-corrected chi connectivity index (χ3v) is 0.911. The summed E-state index contributed by atoms with van der Waals surface area (Å²) in [5.41, 5.74) is 5.09. The SMILES string of the molecule is NCCCSO. The zero-order chi connectivity index (χ0) is 4.83. The van der Waals surface area contributed by atoms with Gasteiger partial charge in [-0.1, -0.05) is 0 Å². The van der Waals surface area contributed by atoms with Crippen molar-refractivity contribution in [1.82, 2.24) is 0 Å². The first-order valence-electron chi connectivity index (χ1n) is 1.88. The predicted molar refractivity (Wildman–Crippen MR) is 28.8 cm³/mol. The van der Waals surface area contributed by atoms with Gasteiger partial charge < -0.3 is 10.3 Å². The van der Waals surface area contributed by atoms with E-state index in [1.807, 2.05) is 0 Å². The Morgan fingerprint density at radius 1 is 1.67 bits per heavy atom. The Morgan fingerprint density at radius 3 is 2.50 bits per heavy atom. The second-order valence-corrected chi connectivity index (χ2v) is 1.64. The highest BCUT2D eigenvalue weighted by atomic mass is 32.2. The number of hydrogen-bond acceptors (Lipinski definition) is 3. The van der Waals surface area contributed by atoms with Crippen LogP contribution in [0.15, 0.2) is 0 Å². The Kier molecular flexibility index (Phi) is 5.51. The van der Waals surface area contributed by atoms with E-state index in [-0.39, 0.29) is 0 Å². The van der Waals surface area contributed by atoms with Crippen molar-refractivity contribution in [1.29, 1.82) is 0 Å². The van der Waals surface area contributed by atoms with E-state index in [0.29, 0.717) is 6.54 Å².